The SMILES string of the molecule is Cc1csc2nc(CN3CCN([C@@H]4CCS(=O)(=O)C4)CC3)cc(=O)n12. The van der Waals surface area contributed by atoms with E-state index < -0.39 is 9.84 Å². The van der Waals surface area contributed by atoms with E-state index in [2.05, 4.69) is 14.8 Å². The molecule has 0 spiro atoms. The molecule has 0 unspecified atom stereocenters. The van der Waals surface area contributed by atoms with Crippen molar-refractivity contribution in [3.8, 4) is 0 Å². The predicted octanol–water partition coefficient (Wildman–Crippen LogP) is 0.369. The van der Waals surface area contributed by atoms with Gasteiger partial charge in [-0.2, -0.15) is 0 Å². The number of hydrogen-bond donors (Lipinski definition) is 0. The van der Waals surface area contributed by atoms with E-state index in [0.29, 0.717) is 18.1 Å². The molecule has 136 valence electrons. The van der Waals surface area contributed by atoms with E-state index in [1.807, 2.05) is 12.3 Å². The molecule has 0 N–H and O–H groups in total. The molecule has 0 aliphatic carbocycles. The first-order valence-electron chi connectivity index (χ1n) is 8.55. The summed E-state index contributed by atoms with van der Waals surface area (Å²) in [6.07, 6.45) is 0.759. The number of rotatable bonds is 3. The molecule has 9 heteroatoms. The zero-order chi connectivity index (χ0) is 17.6. The summed E-state index contributed by atoms with van der Waals surface area (Å²) in [5, 5.41) is 1.95. The van der Waals surface area contributed by atoms with E-state index in [1.165, 1.54) is 11.3 Å². The first-order chi connectivity index (χ1) is 11.9. The Bertz CT molecular complexity index is 942. The average Bonchev–Trinajstić information content (AvgIpc) is 3.11. The molecule has 0 amide bonds. The summed E-state index contributed by atoms with van der Waals surface area (Å²) >= 11 is 1.49. The zero-order valence-corrected chi connectivity index (χ0v) is 15.9. The van der Waals surface area contributed by atoms with Crippen molar-refractivity contribution in [2.45, 2.75) is 25.9 Å². The van der Waals surface area contributed by atoms with Crippen LogP contribution in [0.1, 0.15) is 17.8 Å². The van der Waals surface area contributed by atoms with Gasteiger partial charge in [-0.25, -0.2) is 13.4 Å². The molecule has 4 rings (SSSR count). The maximum atomic E-state index is 12.3. The molecular formula is C16H22N4O3S2. The molecule has 2 aliphatic rings. The molecule has 2 saturated heterocycles. The van der Waals surface area contributed by atoms with Crippen molar-refractivity contribution < 1.29 is 8.42 Å². The van der Waals surface area contributed by atoms with E-state index in [9.17, 15) is 13.2 Å². The van der Waals surface area contributed by atoms with Crippen LogP contribution >= 0.6 is 11.3 Å². The molecule has 2 aromatic heterocycles. The van der Waals surface area contributed by atoms with Crippen LogP contribution in [0, 0.1) is 6.92 Å². The lowest BCUT2D eigenvalue weighted by atomic mass is 10.2. The first-order valence-corrected chi connectivity index (χ1v) is 11.2. The number of piperazine rings is 1. The van der Waals surface area contributed by atoms with Gasteiger partial charge in [-0.05, 0) is 13.3 Å². The summed E-state index contributed by atoms with van der Waals surface area (Å²) in [5.41, 5.74) is 1.71. The lowest BCUT2D eigenvalue weighted by Gasteiger charge is -2.37. The number of hydrogen-bond acceptors (Lipinski definition) is 7. The van der Waals surface area contributed by atoms with Gasteiger partial charge in [0.2, 0.25) is 0 Å². The molecule has 2 aliphatic heterocycles. The molecule has 0 saturated carbocycles. The summed E-state index contributed by atoms with van der Waals surface area (Å²) in [6, 6.07) is 1.81. The lowest BCUT2D eigenvalue weighted by molar-refractivity contribution is 0.0993. The Balaban J connectivity index is 1.40. The van der Waals surface area contributed by atoms with Gasteiger partial charge < -0.3 is 0 Å². The molecule has 0 aromatic carbocycles. The normalized spacial score (nSPS) is 24.9. The van der Waals surface area contributed by atoms with Crippen LogP contribution in [0.3, 0.4) is 0 Å². The third-order valence-corrected chi connectivity index (χ3v) is 7.84. The van der Waals surface area contributed by atoms with Crippen molar-refractivity contribution in [1.82, 2.24) is 19.2 Å². The maximum absolute atomic E-state index is 12.3. The van der Waals surface area contributed by atoms with E-state index >= 15 is 0 Å². The molecule has 2 fully saturated rings. The Morgan fingerprint density at radius 2 is 2.04 bits per heavy atom. The van der Waals surface area contributed by atoms with Crippen LogP contribution in [-0.2, 0) is 16.4 Å². The highest BCUT2D eigenvalue weighted by Crippen LogP contribution is 2.20. The topological polar surface area (TPSA) is 75.0 Å². The van der Waals surface area contributed by atoms with Gasteiger partial charge in [0.25, 0.3) is 5.56 Å². The van der Waals surface area contributed by atoms with E-state index in [0.717, 1.165) is 48.9 Å². The van der Waals surface area contributed by atoms with E-state index in [-0.39, 0.29) is 11.6 Å². The fraction of sp³-hybridized carbons (Fsp3) is 0.625. The Morgan fingerprint density at radius 3 is 2.72 bits per heavy atom. The molecule has 7 nitrogen and oxygen atoms in total. The average molecular weight is 383 g/mol. The highest BCUT2D eigenvalue weighted by Gasteiger charge is 2.33. The highest BCUT2D eigenvalue weighted by atomic mass is 32.2. The van der Waals surface area contributed by atoms with Crippen molar-refractivity contribution in [3.05, 3.63) is 33.2 Å². The smallest absolute Gasteiger partial charge is 0.259 e. The largest absolute Gasteiger partial charge is 0.297 e. The molecule has 0 radical (unpaired) electrons. The van der Waals surface area contributed by atoms with E-state index in [4.69, 9.17) is 0 Å². The van der Waals surface area contributed by atoms with Gasteiger partial charge in [0.1, 0.15) is 0 Å². The van der Waals surface area contributed by atoms with Crippen LogP contribution in [0.4, 0.5) is 0 Å². The monoisotopic (exact) mass is 382 g/mol. The third-order valence-electron chi connectivity index (χ3n) is 5.15. The van der Waals surface area contributed by atoms with Gasteiger partial charge in [-0.3, -0.25) is 19.0 Å². The van der Waals surface area contributed by atoms with Crippen molar-refractivity contribution in [2.24, 2.45) is 0 Å². The maximum Gasteiger partial charge on any atom is 0.259 e. The summed E-state index contributed by atoms with van der Waals surface area (Å²) in [7, 11) is -2.83. The minimum atomic E-state index is -2.83. The molecule has 1 atom stereocenters. The zero-order valence-electron chi connectivity index (χ0n) is 14.2. The van der Waals surface area contributed by atoms with Crippen molar-refractivity contribution in [2.75, 3.05) is 37.7 Å². The Hall–Kier alpha value is -1.29. The standard InChI is InChI=1S/C16H22N4O3S2/c1-12-10-24-16-17-13(8-15(21)20(12)16)9-18-3-5-19(6-4-18)14-2-7-25(22,23)11-14/h8,10,14H,2-7,9,11H2,1H3/t14-/m1/s1. The van der Waals surface area contributed by atoms with Gasteiger partial charge in [-0.1, -0.05) is 0 Å². The van der Waals surface area contributed by atoms with Crippen molar-refractivity contribution >= 4 is 26.1 Å². The van der Waals surface area contributed by atoms with Crippen molar-refractivity contribution in [1.29, 1.82) is 0 Å². The molecular weight excluding hydrogens is 360 g/mol. The minimum Gasteiger partial charge on any atom is -0.297 e. The molecule has 0 bridgehead atoms. The van der Waals surface area contributed by atoms with Gasteiger partial charge in [-0.15, -0.1) is 11.3 Å². The summed E-state index contributed by atoms with van der Waals surface area (Å²) in [5.74, 6) is 0.631. The third kappa shape index (κ3) is 3.51. The number of fused-ring (bicyclic) bond motifs is 1. The van der Waals surface area contributed by atoms with Gasteiger partial charge in [0, 0.05) is 55.9 Å². The summed E-state index contributed by atoms with van der Waals surface area (Å²) < 4.78 is 25.0. The first kappa shape index (κ1) is 17.1. The summed E-state index contributed by atoms with van der Waals surface area (Å²) in [4.78, 5) is 22.2. The number of nitrogens with zero attached hydrogens (tertiary/aromatic N) is 4. The second-order valence-corrected chi connectivity index (χ2v) is 10.0. The van der Waals surface area contributed by atoms with Crippen LogP contribution < -0.4 is 5.56 Å². The number of thiazole rings is 1. The Labute approximate surface area is 150 Å². The summed E-state index contributed by atoms with van der Waals surface area (Å²) in [6.45, 7) is 6.08. The van der Waals surface area contributed by atoms with Crippen molar-refractivity contribution in [3.63, 3.8) is 0 Å². The van der Waals surface area contributed by atoms with Gasteiger partial charge in [0.05, 0.1) is 17.2 Å². The van der Waals surface area contributed by atoms with Crippen LogP contribution in [0.2, 0.25) is 0 Å². The second kappa shape index (κ2) is 6.46. The van der Waals surface area contributed by atoms with Crippen LogP contribution in [0.15, 0.2) is 16.2 Å². The second-order valence-electron chi connectivity index (χ2n) is 6.95. The van der Waals surface area contributed by atoms with Crippen LogP contribution in [0.25, 0.3) is 4.96 Å². The minimum absolute atomic E-state index is 0.0199. The fourth-order valence-electron chi connectivity index (χ4n) is 3.76. The molecule has 25 heavy (non-hydrogen) atoms. The molecule has 2 aromatic rings. The number of sulfone groups is 1. The lowest BCUT2D eigenvalue weighted by Crippen LogP contribution is -2.50. The molecule has 4 heterocycles. The van der Waals surface area contributed by atoms with Gasteiger partial charge in [0.15, 0.2) is 14.8 Å². The fourth-order valence-corrected chi connectivity index (χ4v) is 6.41. The van der Waals surface area contributed by atoms with E-state index in [1.54, 1.807) is 10.5 Å². The quantitative estimate of drug-likeness (QED) is 0.764. The Morgan fingerprint density at radius 1 is 1.28 bits per heavy atom. The van der Waals surface area contributed by atoms with Crippen LogP contribution in [0.5, 0.6) is 0 Å². The number of aromatic nitrogens is 2. The highest BCUT2D eigenvalue weighted by molar-refractivity contribution is 7.91. The predicted molar refractivity (Wildman–Crippen MR) is 98.0 cm³/mol. The van der Waals surface area contributed by atoms with Crippen LogP contribution in [-0.4, -0.2) is 71.3 Å². The Kier molecular flexibility index (Phi) is 4.43. The number of aryl methyl sites for hydroxylation is 1. The van der Waals surface area contributed by atoms with Gasteiger partial charge >= 0.3 is 0 Å².